The minimum absolute atomic E-state index is 0.242. The Hall–Kier alpha value is -1.39. The minimum Gasteiger partial charge on any atom is -0.370 e. The topological polar surface area (TPSA) is 95.1 Å². The van der Waals surface area contributed by atoms with Crippen molar-refractivity contribution in [1.82, 2.24) is 0 Å². The second-order valence-corrected chi connectivity index (χ2v) is 2.45. The van der Waals surface area contributed by atoms with Gasteiger partial charge in [-0.15, -0.1) is 0 Å². The number of hydrazine groups is 1. The molecular formula is C9H15N3O. The van der Waals surface area contributed by atoms with Crippen LogP contribution in [0.15, 0.2) is 30.3 Å². The van der Waals surface area contributed by atoms with E-state index in [0.717, 1.165) is 12.0 Å². The quantitative estimate of drug-likeness (QED) is 0.449. The molecule has 0 saturated carbocycles. The van der Waals surface area contributed by atoms with Crippen molar-refractivity contribution < 1.29 is 4.79 Å². The van der Waals surface area contributed by atoms with Gasteiger partial charge >= 0.3 is 0 Å². The highest BCUT2D eigenvalue weighted by Gasteiger charge is 1.94. The largest absolute Gasteiger partial charge is 0.370 e. The average molecular weight is 181 g/mol. The molecule has 0 saturated heterocycles. The van der Waals surface area contributed by atoms with Crippen molar-refractivity contribution in [1.29, 1.82) is 0 Å². The molecule has 0 radical (unpaired) electrons. The van der Waals surface area contributed by atoms with Crippen LogP contribution in [-0.2, 0) is 11.2 Å². The molecule has 0 aliphatic rings. The second-order valence-electron chi connectivity index (χ2n) is 2.45. The molecule has 13 heavy (non-hydrogen) atoms. The number of carbonyl (C=O) groups excluding carboxylic acids is 1. The van der Waals surface area contributed by atoms with Crippen LogP contribution in [0, 0.1) is 0 Å². The van der Waals surface area contributed by atoms with E-state index in [2.05, 4.69) is 11.7 Å². The minimum atomic E-state index is -0.242. The first kappa shape index (κ1) is 11.6. The summed E-state index contributed by atoms with van der Waals surface area (Å²) in [6.07, 6.45) is 1.18. The second kappa shape index (κ2) is 7.27. The molecule has 1 aromatic carbocycles. The van der Waals surface area contributed by atoms with Gasteiger partial charge in [0.05, 0.1) is 0 Å². The molecule has 0 spiro atoms. The summed E-state index contributed by atoms with van der Waals surface area (Å²) < 4.78 is 0. The van der Waals surface area contributed by atoms with E-state index in [0.29, 0.717) is 6.42 Å². The molecule has 0 unspecified atom stereocenters. The third-order valence-corrected chi connectivity index (χ3v) is 1.50. The van der Waals surface area contributed by atoms with Gasteiger partial charge in [0.1, 0.15) is 0 Å². The van der Waals surface area contributed by atoms with Crippen molar-refractivity contribution in [3.8, 4) is 0 Å². The molecular weight excluding hydrogens is 166 g/mol. The number of hydrogen-bond acceptors (Lipinski definition) is 3. The lowest BCUT2D eigenvalue weighted by atomic mass is 10.1. The predicted octanol–water partition coefficient (Wildman–Crippen LogP) is -0.0767. The Kier molecular flexibility index (Phi) is 6.49. The molecule has 0 fully saturated rings. The molecule has 0 aromatic heterocycles. The number of nitrogens with two attached hydrogens (primary N) is 3. The summed E-state index contributed by atoms with van der Waals surface area (Å²) in [6, 6.07) is 9.84. The SMILES string of the molecule is NC(=O)CCc1ccccc1.NN. The summed E-state index contributed by atoms with van der Waals surface area (Å²) in [5.74, 6) is 7.76. The Bertz CT molecular complexity index is 236. The maximum atomic E-state index is 10.4. The first-order valence-electron chi connectivity index (χ1n) is 3.94. The van der Waals surface area contributed by atoms with Crippen LogP contribution in [0.1, 0.15) is 12.0 Å². The van der Waals surface area contributed by atoms with Crippen LogP contribution in [0.3, 0.4) is 0 Å². The monoisotopic (exact) mass is 181 g/mol. The molecule has 1 rings (SSSR count). The smallest absolute Gasteiger partial charge is 0.217 e. The first-order chi connectivity index (χ1) is 6.29. The molecule has 0 atom stereocenters. The number of benzene rings is 1. The van der Waals surface area contributed by atoms with Gasteiger partial charge < -0.3 is 5.73 Å². The lowest BCUT2D eigenvalue weighted by molar-refractivity contribution is -0.117. The van der Waals surface area contributed by atoms with Crippen molar-refractivity contribution in [2.24, 2.45) is 17.4 Å². The average Bonchev–Trinajstić information content (AvgIpc) is 2.19. The molecule has 6 N–H and O–H groups in total. The van der Waals surface area contributed by atoms with Gasteiger partial charge in [-0.25, -0.2) is 0 Å². The Labute approximate surface area is 77.7 Å². The van der Waals surface area contributed by atoms with Gasteiger partial charge in [-0.2, -0.15) is 0 Å². The van der Waals surface area contributed by atoms with E-state index < -0.39 is 0 Å². The van der Waals surface area contributed by atoms with E-state index in [4.69, 9.17) is 5.73 Å². The van der Waals surface area contributed by atoms with Crippen molar-refractivity contribution in [3.05, 3.63) is 35.9 Å². The fraction of sp³-hybridized carbons (Fsp3) is 0.222. The summed E-state index contributed by atoms with van der Waals surface area (Å²) in [5.41, 5.74) is 6.16. The first-order valence-corrected chi connectivity index (χ1v) is 3.94. The van der Waals surface area contributed by atoms with Gasteiger partial charge in [-0.1, -0.05) is 30.3 Å². The van der Waals surface area contributed by atoms with E-state index in [1.54, 1.807) is 0 Å². The van der Waals surface area contributed by atoms with Crippen molar-refractivity contribution in [3.63, 3.8) is 0 Å². The fourth-order valence-electron chi connectivity index (χ4n) is 0.912. The normalized spacial score (nSPS) is 8.46. The van der Waals surface area contributed by atoms with Crippen LogP contribution in [0.2, 0.25) is 0 Å². The maximum absolute atomic E-state index is 10.4. The Morgan fingerprint density at radius 3 is 2.15 bits per heavy atom. The number of primary amides is 1. The highest BCUT2D eigenvalue weighted by molar-refractivity contribution is 5.73. The number of amides is 1. The summed E-state index contributed by atoms with van der Waals surface area (Å²) in [4.78, 5) is 10.4. The van der Waals surface area contributed by atoms with Gasteiger partial charge in [-0.05, 0) is 12.0 Å². The summed E-state index contributed by atoms with van der Waals surface area (Å²) in [5, 5.41) is 0. The third kappa shape index (κ3) is 5.84. The van der Waals surface area contributed by atoms with E-state index in [1.807, 2.05) is 30.3 Å². The highest BCUT2D eigenvalue weighted by atomic mass is 16.1. The molecule has 0 aliphatic heterocycles. The molecule has 0 heterocycles. The molecule has 4 heteroatoms. The van der Waals surface area contributed by atoms with Crippen LogP contribution in [-0.4, -0.2) is 5.91 Å². The third-order valence-electron chi connectivity index (χ3n) is 1.50. The Morgan fingerprint density at radius 1 is 1.15 bits per heavy atom. The number of rotatable bonds is 3. The molecule has 4 nitrogen and oxygen atoms in total. The molecule has 72 valence electrons. The van der Waals surface area contributed by atoms with Gasteiger partial charge in [0.2, 0.25) is 5.91 Å². The Balaban J connectivity index is 0.000000671. The lowest BCUT2D eigenvalue weighted by Gasteiger charge is -1.96. The van der Waals surface area contributed by atoms with Crippen LogP contribution in [0.5, 0.6) is 0 Å². The van der Waals surface area contributed by atoms with E-state index in [9.17, 15) is 4.79 Å². The van der Waals surface area contributed by atoms with Crippen LogP contribution >= 0.6 is 0 Å². The van der Waals surface area contributed by atoms with E-state index in [1.165, 1.54) is 0 Å². The van der Waals surface area contributed by atoms with Gasteiger partial charge in [-0.3, -0.25) is 16.5 Å². The Morgan fingerprint density at radius 2 is 1.69 bits per heavy atom. The van der Waals surface area contributed by atoms with E-state index >= 15 is 0 Å². The maximum Gasteiger partial charge on any atom is 0.217 e. The van der Waals surface area contributed by atoms with Crippen LogP contribution in [0.25, 0.3) is 0 Å². The molecule has 1 aromatic rings. The van der Waals surface area contributed by atoms with Crippen molar-refractivity contribution in [2.45, 2.75) is 12.8 Å². The fourth-order valence-corrected chi connectivity index (χ4v) is 0.912. The zero-order valence-electron chi connectivity index (χ0n) is 7.44. The summed E-state index contributed by atoms with van der Waals surface area (Å²) in [7, 11) is 0. The highest BCUT2D eigenvalue weighted by Crippen LogP contribution is 2.00. The number of carbonyl (C=O) groups is 1. The summed E-state index contributed by atoms with van der Waals surface area (Å²) >= 11 is 0. The molecule has 0 bridgehead atoms. The summed E-state index contributed by atoms with van der Waals surface area (Å²) in [6.45, 7) is 0. The lowest BCUT2D eigenvalue weighted by Crippen LogP contribution is -2.10. The van der Waals surface area contributed by atoms with Gasteiger partial charge in [0.15, 0.2) is 0 Å². The number of aryl methyl sites for hydroxylation is 1. The van der Waals surface area contributed by atoms with Crippen molar-refractivity contribution >= 4 is 5.91 Å². The predicted molar refractivity (Wildman–Crippen MR) is 52.3 cm³/mol. The van der Waals surface area contributed by atoms with Crippen molar-refractivity contribution in [2.75, 3.05) is 0 Å². The van der Waals surface area contributed by atoms with Crippen LogP contribution in [0.4, 0.5) is 0 Å². The van der Waals surface area contributed by atoms with Gasteiger partial charge in [0, 0.05) is 6.42 Å². The molecule has 0 aliphatic carbocycles. The van der Waals surface area contributed by atoms with Gasteiger partial charge in [0.25, 0.3) is 0 Å². The van der Waals surface area contributed by atoms with E-state index in [-0.39, 0.29) is 5.91 Å². The zero-order chi connectivity index (χ0) is 10.1. The zero-order valence-corrected chi connectivity index (χ0v) is 7.44. The molecule has 1 amide bonds. The number of hydrogen-bond donors (Lipinski definition) is 3. The standard InChI is InChI=1S/C9H11NO.H4N2/c10-9(11)7-6-8-4-2-1-3-5-8;1-2/h1-5H,6-7H2,(H2,10,11);1-2H2. The van der Waals surface area contributed by atoms with Crippen LogP contribution < -0.4 is 17.4 Å².